The summed E-state index contributed by atoms with van der Waals surface area (Å²) >= 11 is 0. The highest BCUT2D eigenvalue weighted by molar-refractivity contribution is 5.97. The van der Waals surface area contributed by atoms with Gasteiger partial charge >= 0.3 is 5.78 Å². The Kier molecular flexibility index (Phi) is 4.59. The number of nitrogens with zero attached hydrogens (tertiary/aromatic N) is 2. The van der Waals surface area contributed by atoms with Gasteiger partial charge in [-0.2, -0.15) is 0 Å². The van der Waals surface area contributed by atoms with Crippen LogP contribution in [0.5, 0.6) is 0 Å². The van der Waals surface area contributed by atoms with Crippen LogP contribution >= 0.6 is 0 Å². The van der Waals surface area contributed by atoms with Gasteiger partial charge in [-0.1, -0.05) is 24.3 Å². The third-order valence-electron chi connectivity index (χ3n) is 5.44. The van der Waals surface area contributed by atoms with Gasteiger partial charge in [-0.3, -0.25) is 14.5 Å². The molecule has 2 aromatic carbocycles. The Morgan fingerprint density at radius 3 is 2.53 bits per heavy atom. The van der Waals surface area contributed by atoms with E-state index in [4.69, 9.17) is 8.83 Å². The fourth-order valence-corrected chi connectivity index (χ4v) is 3.86. The first-order valence-corrected chi connectivity index (χ1v) is 9.80. The van der Waals surface area contributed by atoms with Crippen LogP contribution in [-0.2, 0) is 6.54 Å². The first-order valence-electron chi connectivity index (χ1n) is 9.80. The van der Waals surface area contributed by atoms with Gasteiger partial charge in [-0.25, -0.2) is 4.39 Å². The van der Waals surface area contributed by atoms with Crippen molar-refractivity contribution < 1.29 is 18.0 Å². The molecule has 0 radical (unpaired) electrons. The van der Waals surface area contributed by atoms with Gasteiger partial charge in [0.1, 0.15) is 16.8 Å². The smallest absolute Gasteiger partial charge is 0.302 e. The molecule has 1 saturated heterocycles. The van der Waals surface area contributed by atoms with Crippen molar-refractivity contribution >= 4 is 28.0 Å². The van der Waals surface area contributed by atoms with Gasteiger partial charge in [0.25, 0.3) is 5.91 Å². The number of furan rings is 1. The second kappa shape index (κ2) is 7.42. The van der Waals surface area contributed by atoms with Crippen LogP contribution in [0.25, 0.3) is 22.1 Å². The van der Waals surface area contributed by atoms with Crippen molar-refractivity contribution in [1.82, 2.24) is 9.80 Å². The number of hydrogen-bond donors (Lipinski definition) is 0. The molecule has 4 aromatic rings. The number of piperazine rings is 1. The van der Waals surface area contributed by atoms with Gasteiger partial charge < -0.3 is 13.7 Å². The number of rotatable bonds is 3. The maximum Gasteiger partial charge on any atom is 0.302 e. The van der Waals surface area contributed by atoms with Crippen molar-refractivity contribution in [3.05, 3.63) is 82.0 Å². The molecule has 1 aliphatic heterocycles. The monoisotopic (exact) mass is 406 g/mol. The van der Waals surface area contributed by atoms with Crippen molar-refractivity contribution in [3.63, 3.8) is 0 Å². The molecule has 152 valence electrons. The summed E-state index contributed by atoms with van der Waals surface area (Å²) in [7, 11) is 0. The minimum Gasteiger partial charge on any atom is -0.425 e. The molecule has 7 heteroatoms. The molecule has 0 spiro atoms. The SMILES string of the molecule is O=C(c1cc2c(=O)c3ccccc3oc2o1)N1CCN(Cc2cccc(F)c2)CC1. The highest BCUT2D eigenvalue weighted by Crippen LogP contribution is 2.23. The van der Waals surface area contributed by atoms with Crippen molar-refractivity contribution in [1.29, 1.82) is 0 Å². The summed E-state index contributed by atoms with van der Waals surface area (Å²) in [5.41, 5.74) is 1.12. The molecule has 0 unspecified atom stereocenters. The Labute approximate surface area is 171 Å². The van der Waals surface area contributed by atoms with E-state index in [1.807, 2.05) is 6.07 Å². The number of fused-ring (bicyclic) bond motifs is 2. The molecule has 1 aliphatic rings. The Balaban J connectivity index is 1.32. The van der Waals surface area contributed by atoms with Gasteiger partial charge in [0.05, 0.1) is 5.39 Å². The van der Waals surface area contributed by atoms with Crippen molar-refractivity contribution in [2.45, 2.75) is 6.54 Å². The third kappa shape index (κ3) is 3.37. The average Bonchev–Trinajstić information content (AvgIpc) is 3.18. The lowest BCUT2D eigenvalue weighted by Gasteiger charge is -2.34. The van der Waals surface area contributed by atoms with E-state index in [1.165, 1.54) is 18.2 Å². The average molecular weight is 406 g/mol. The molecule has 0 atom stereocenters. The summed E-state index contributed by atoms with van der Waals surface area (Å²) < 4.78 is 24.6. The molecular weight excluding hydrogens is 387 g/mol. The summed E-state index contributed by atoms with van der Waals surface area (Å²) in [4.78, 5) is 29.4. The predicted octanol–water partition coefficient (Wildman–Crippen LogP) is 3.64. The molecule has 0 bridgehead atoms. The first-order chi connectivity index (χ1) is 14.6. The van der Waals surface area contributed by atoms with Crippen LogP contribution in [0.1, 0.15) is 16.1 Å². The fourth-order valence-electron chi connectivity index (χ4n) is 3.86. The molecule has 5 rings (SSSR count). The van der Waals surface area contributed by atoms with Crippen LogP contribution in [0.4, 0.5) is 4.39 Å². The van der Waals surface area contributed by atoms with Gasteiger partial charge in [0.2, 0.25) is 5.43 Å². The Morgan fingerprint density at radius 1 is 0.933 bits per heavy atom. The van der Waals surface area contributed by atoms with Crippen molar-refractivity contribution in [2.24, 2.45) is 0 Å². The fraction of sp³-hybridized carbons (Fsp3) is 0.217. The van der Waals surface area contributed by atoms with E-state index in [9.17, 15) is 14.0 Å². The topological polar surface area (TPSA) is 66.9 Å². The van der Waals surface area contributed by atoms with E-state index in [1.54, 1.807) is 35.2 Å². The zero-order valence-corrected chi connectivity index (χ0v) is 16.1. The van der Waals surface area contributed by atoms with E-state index in [0.717, 1.165) is 5.56 Å². The number of benzene rings is 2. The van der Waals surface area contributed by atoms with Gasteiger partial charge in [0.15, 0.2) is 5.76 Å². The van der Waals surface area contributed by atoms with Crippen LogP contribution in [0.15, 0.2) is 68.2 Å². The van der Waals surface area contributed by atoms with Crippen LogP contribution < -0.4 is 5.43 Å². The van der Waals surface area contributed by atoms with E-state index in [-0.39, 0.29) is 34.1 Å². The molecule has 2 aromatic heterocycles. The van der Waals surface area contributed by atoms with Crippen LogP contribution in [0.2, 0.25) is 0 Å². The zero-order chi connectivity index (χ0) is 20.7. The lowest BCUT2D eigenvalue weighted by molar-refractivity contribution is 0.0598. The number of hydrogen-bond acceptors (Lipinski definition) is 5. The number of carbonyl (C=O) groups excluding carboxylic acids is 1. The van der Waals surface area contributed by atoms with Crippen LogP contribution in [-0.4, -0.2) is 41.9 Å². The quantitative estimate of drug-likeness (QED) is 0.520. The summed E-state index contributed by atoms with van der Waals surface area (Å²) in [6.07, 6.45) is 0. The van der Waals surface area contributed by atoms with Gasteiger partial charge in [-0.15, -0.1) is 0 Å². The zero-order valence-electron chi connectivity index (χ0n) is 16.1. The van der Waals surface area contributed by atoms with Crippen LogP contribution in [0, 0.1) is 5.82 Å². The molecule has 3 heterocycles. The highest BCUT2D eigenvalue weighted by atomic mass is 19.1. The van der Waals surface area contributed by atoms with E-state index in [2.05, 4.69) is 4.90 Å². The summed E-state index contributed by atoms with van der Waals surface area (Å²) in [6.45, 7) is 3.02. The molecule has 0 N–H and O–H groups in total. The maximum absolute atomic E-state index is 13.4. The van der Waals surface area contributed by atoms with Gasteiger partial charge in [0, 0.05) is 38.8 Å². The minimum absolute atomic E-state index is 0.0618. The number of amides is 1. The molecule has 30 heavy (non-hydrogen) atoms. The van der Waals surface area contributed by atoms with Crippen LogP contribution in [0.3, 0.4) is 0 Å². The lowest BCUT2D eigenvalue weighted by Crippen LogP contribution is -2.48. The predicted molar refractivity (Wildman–Crippen MR) is 110 cm³/mol. The van der Waals surface area contributed by atoms with E-state index >= 15 is 0 Å². The lowest BCUT2D eigenvalue weighted by atomic mass is 10.2. The van der Waals surface area contributed by atoms with Crippen molar-refractivity contribution in [2.75, 3.05) is 26.2 Å². The standard InChI is InChI=1S/C23H19FN2O4/c24-16-5-3-4-15(12-16)14-25-8-10-26(11-9-25)22(28)20-13-18-21(27)17-6-1-2-7-19(17)29-23(18)30-20/h1-7,12-13H,8-11,14H2. The summed E-state index contributed by atoms with van der Waals surface area (Å²) in [5, 5.41) is 0.720. The molecule has 6 nitrogen and oxygen atoms in total. The normalized spacial score (nSPS) is 15.2. The Bertz CT molecular complexity index is 1300. The molecule has 0 aliphatic carbocycles. The third-order valence-corrected chi connectivity index (χ3v) is 5.44. The second-order valence-electron chi connectivity index (χ2n) is 7.44. The molecule has 0 saturated carbocycles. The Morgan fingerprint density at radius 2 is 1.73 bits per heavy atom. The van der Waals surface area contributed by atoms with Gasteiger partial charge in [-0.05, 0) is 29.8 Å². The highest BCUT2D eigenvalue weighted by Gasteiger charge is 2.26. The molecular formula is C23H19FN2O4. The number of para-hydroxylation sites is 1. The van der Waals surface area contributed by atoms with E-state index < -0.39 is 0 Å². The number of carbonyl (C=O) groups is 1. The van der Waals surface area contributed by atoms with E-state index in [0.29, 0.717) is 43.7 Å². The summed E-state index contributed by atoms with van der Waals surface area (Å²) in [6, 6.07) is 14.9. The molecule has 1 amide bonds. The number of halogens is 1. The van der Waals surface area contributed by atoms with Crippen molar-refractivity contribution in [3.8, 4) is 0 Å². The summed E-state index contributed by atoms with van der Waals surface area (Å²) in [5.74, 6) is -0.358. The molecule has 1 fully saturated rings. The second-order valence-corrected chi connectivity index (χ2v) is 7.44. The largest absolute Gasteiger partial charge is 0.425 e. The minimum atomic E-state index is -0.268. The first kappa shape index (κ1) is 18.6. The Hall–Kier alpha value is -3.45. The maximum atomic E-state index is 13.4.